The van der Waals surface area contributed by atoms with E-state index in [0.29, 0.717) is 11.0 Å². The Morgan fingerprint density at radius 2 is 2.00 bits per heavy atom. The van der Waals surface area contributed by atoms with Crippen molar-refractivity contribution < 1.29 is 9.59 Å². The van der Waals surface area contributed by atoms with Gasteiger partial charge in [0.15, 0.2) is 5.13 Å². The Kier molecular flexibility index (Phi) is 5.34. The molecule has 2 amide bonds. The van der Waals surface area contributed by atoms with Crippen LogP contribution >= 0.6 is 11.3 Å². The molecule has 0 radical (unpaired) electrons. The molecule has 6 heteroatoms. The van der Waals surface area contributed by atoms with Crippen LogP contribution in [0.5, 0.6) is 0 Å². The predicted octanol–water partition coefficient (Wildman–Crippen LogP) is 3.95. The fourth-order valence-corrected chi connectivity index (χ4v) is 4.83. The Labute approximate surface area is 163 Å². The number of amides is 2. The van der Waals surface area contributed by atoms with Gasteiger partial charge in [-0.05, 0) is 36.8 Å². The fourth-order valence-electron chi connectivity index (χ4n) is 4.30. The number of rotatable bonds is 4. The van der Waals surface area contributed by atoms with Gasteiger partial charge in [-0.2, -0.15) is 0 Å². The molecule has 1 saturated carbocycles. The lowest BCUT2D eigenvalue weighted by Crippen LogP contribution is -2.47. The zero-order valence-electron chi connectivity index (χ0n) is 15.1. The normalized spacial score (nSPS) is 24.7. The summed E-state index contributed by atoms with van der Waals surface area (Å²) in [6.45, 7) is 0. The number of likely N-dealkylation sites (tertiary alicyclic amines) is 1. The van der Waals surface area contributed by atoms with E-state index < -0.39 is 6.04 Å². The van der Waals surface area contributed by atoms with Gasteiger partial charge in [0, 0.05) is 23.7 Å². The predicted molar refractivity (Wildman–Crippen MR) is 107 cm³/mol. The maximum atomic E-state index is 13.0. The van der Waals surface area contributed by atoms with Crippen LogP contribution in [-0.2, 0) is 9.59 Å². The molecule has 2 aromatic rings. The number of aromatic nitrogens is 1. The molecule has 0 spiro atoms. The van der Waals surface area contributed by atoms with Gasteiger partial charge in [0.05, 0.1) is 0 Å². The van der Waals surface area contributed by atoms with Crippen LogP contribution in [0.3, 0.4) is 0 Å². The molecular weight excluding hydrogens is 358 g/mol. The standard InChI is InChI=1S/C21H23N3O2S/c25-19(11-10-15-6-2-1-3-7-15)24-17-9-5-4-8-16(17)14-18(24)20(26)23-21-22-12-13-27-21/h1-3,6-7,10-13,16-18H,4-5,8-9,14H2,(H,22,23,26)/b11-10+. The number of carbonyl (C=O) groups is 2. The van der Waals surface area contributed by atoms with Gasteiger partial charge >= 0.3 is 0 Å². The van der Waals surface area contributed by atoms with Crippen LogP contribution in [0.1, 0.15) is 37.7 Å². The number of nitrogens with one attached hydrogen (secondary N) is 1. The fraction of sp³-hybridized carbons (Fsp3) is 0.381. The van der Waals surface area contributed by atoms with Crippen LogP contribution < -0.4 is 5.32 Å². The molecule has 3 unspecified atom stereocenters. The van der Waals surface area contributed by atoms with Gasteiger partial charge in [-0.3, -0.25) is 9.59 Å². The van der Waals surface area contributed by atoms with Crippen LogP contribution in [0.2, 0.25) is 0 Å². The van der Waals surface area contributed by atoms with Crippen LogP contribution in [0.15, 0.2) is 48.0 Å². The molecule has 4 rings (SSSR count). The van der Waals surface area contributed by atoms with Gasteiger partial charge in [-0.25, -0.2) is 4.98 Å². The number of thiazole rings is 1. The molecule has 2 aliphatic rings. The van der Waals surface area contributed by atoms with Crippen molar-refractivity contribution in [2.24, 2.45) is 5.92 Å². The molecular formula is C21H23N3O2S. The monoisotopic (exact) mass is 381 g/mol. The molecule has 1 N–H and O–H groups in total. The van der Waals surface area contributed by atoms with Gasteiger partial charge in [-0.15, -0.1) is 11.3 Å². The largest absolute Gasteiger partial charge is 0.324 e. The van der Waals surface area contributed by atoms with Crippen LogP contribution in [0.4, 0.5) is 5.13 Å². The summed E-state index contributed by atoms with van der Waals surface area (Å²) in [5.41, 5.74) is 0.981. The van der Waals surface area contributed by atoms with Crippen molar-refractivity contribution in [3.05, 3.63) is 53.5 Å². The highest BCUT2D eigenvalue weighted by Crippen LogP contribution is 2.40. The van der Waals surface area contributed by atoms with Crippen LogP contribution in [0.25, 0.3) is 6.08 Å². The molecule has 1 aromatic heterocycles. The molecule has 140 valence electrons. The molecule has 1 aliphatic carbocycles. The van der Waals surface area contributed by atoms with E-state index in [0.717, 1.165) is 31.2 Å². The van der Waals surface area contributed by atoms with E-state index in [2.05, 4.69) is 10.3 Å². The SMILES string of the molecule is O=C(Nc1nccs1)C1CC2CCCCC2N1C(=O)/C=C/c1ccccc1. The topological polar surface area (TPSA) is 62.3 Å². The number of carbonyl (C=O) groups excluding carboxylic acids is 2. The average Bonchev–Trinajstić information content (AvgIpc) is 3.34. The zero-order valence-corrected chi connectivity index (χ0v) is 15.9. The number of hydrogen-bond acceptors (Lipinski definition) is 4. The summed E-state index contributed by atoms with van der Waals surface area (Å²) in [4.78, 5) is 31.9. The summed E-state index contributed by atoms with van der Waals surface area (Å²) in [6, 6.07) is 9.51. The van der Waals surface area contributed by atoms with E-state index in [1.165, 1.54) is 17.8 Å². The second-order valence-electron chi connectivity index (χ2n) is 7.18. The van der Waals surface area contributed by atoms with Crippen LogP contribution in [0, 0.1) is 5.92 Å². The first kappa shape index (κ1) is 17.9. The third kappa shape index (κ3) is 3.95. The number of anilines is 1. The maximum Gasteiger partial charge on any atom is 0.248 e. The summed E-state index contributed by atoms with van der Waals surface area (Å²) >= 11 is 1.39. The minimum absolute atomic E-state index is 0.0764. The summed E-state index contributed by atoms with van der Waals surface area (Å²) in [5, 5.41) is 5.30. The van der Waals surface area contributed by atoms with Crippen molar-refractivity contribution in [2.45, 2.75) is 44.2 Å². The summed E-state index contributed by atoms with van der Waals surface area (Å²) in [5.74, 6) is 0.216. The Hall–Kier alpha value is -2.47. The Bertz CT molecular complexity index is 819. The first-order chi connectivity index (χ1) is 13.2. The smallest absolute Gasteiger partial charge is 0.248 e. The highest BCUT2D eigenvalue weighted by atomic mass is 32.1. The van der Waals surface area contributed by atoms with Gasteiger partial charge in [0.2, 0.25) is 11.8 Å². The first-order valence-corrected chi connectivity index (χ1v) is 10.4. The third-order valence-corrected chi connectivity index (χ3v) is 6.21. The molecule has 2 fully saturated rings. The highest BCUT2D eigenvalue weighted by Gasteiger charge is 2.46. The van der Waals surface area contributed by atoms with E-state index in [9.17, 15) is 9.59 Å². The van der Waals surface area contributed by atoms with Crippen molar-refractivity contribution in [2.75, 3.05) is 5.32 Å². The molecule has 1 saturated heterocycles. The van der Waals surface area contributed by atoms with E-state index in [-0.39, 0.29) is 17.9 Å². The summed E-state index contributed by atoms with van der Waals surface area (Å²) in [7, 11) is 0. The van der Waals surface area contributed by atoms with E-state index in [1.54, 1.807) is 12.3 Å². The summed E-state index contributed by atoms with van der Waals surface area (Å²) in [6.07, 6.45) is 10.2. The molecule has 3 atom stereocenters. The number of hydrogen-bond donors (Lipinski definition) is 1. The minimum atomic E-state index is -0.421. The molecule has 27 heavy (non-hydrogen) atoms. The van der Waals surface area contributed by atoms with E-state index in [1.807, 2.05) is 46.7 Å². The number of fused-ring (bicyclic) bond motifs is 1. The Balaban J connectivity index is 1.54. The number of nitrogens with zero attached hydrogens (tertiary/aromatic N) is 2. The van der Waals surface area contributed by atoms with Crippen molar-refractivity contribution in [3.63, 3.8) is 0 Å². The first-order valence-electron chi connectivity index (χ1n) is 9.48. The summed E-state index contributed by atoms with van der Waals surface area (Å²) < 4.78 is 0. The van der Waals surface area contributed by atoms with E-state index >= 15 is 0 Å². The maximum absolute atomic E-state index is 13.0. The lowest BCUT2D eigenvalue weighted by molar-refractivity contribution is -0.135. The van der Waals surface area contributed by atoms with Crippen molar-refractivity contribution in [1.82, 2.24) is 9.88 Å². The van der Waals surface area contributed by atoms with E-state index in [4.69, 9.17) is 0 Å². The minimum Gasteiger partial charge on any atom is -0.324 e. The second kappa shape index (κ2) is 8.05. The Morgan fingerprint density at radius 1 is 1.19 bits per heavy atom. The van der Waals surface area contributed by atoms with Gasteiger partial charge in [0.25, 0.3) is 0 Å². The highest BCUT2D eigenvalue weighted by molar-refractivity contribution is 7.13. The van der Waals surface area contributed by atoms with Crippen molar-refractivity contribution in [3.8, 4) is 0 Å². The average molecular weight is 382 g/mol. The third-order valence-electron chi connectivity index (χ3n) is 5.53. The van der Waals surface area contributed by atoms with Gasteiger partial charge in [0.1, 0.15) is 6.04 Å². The Morgan fingerprint density at radius 3 is 2.78 bits per heavy atom. The van der Waals surface area contributed by atoms with Gasteiger partial charge < -0.3 is 10.2 Å². The number of benzene rings is 1. The molecule has 5 nitrogen and oxygen atoms in total. The van der Waals surface area contributed by atoms with Gasteiger partial charge in [-0.1, -0.05) is 43.2 Å². The lowest BCUT2D eigenvalue weighted by atomic mass is 9.84. The molecule has 1 aliphatic heterocycles. The quantitative estimate of drug-likeness (QED) is 0.816. The molecule has 0 bridgehead atoms. The van der Waals surface area contributed by atoms with Crippen molar-refractivity contribution >= 4 is 34.4 Å². The second-order valence-corrected chi connectivity index (χ2v) is 8.07. The molecule has 1 aromatic carbocycles. The lowest BCUT2D eigenvalue weighted by Gasteiger charge is -2.32. The van der Waals surface area contributed by atoms with Crippen LogP contribution in [-0.4, -0.2) is 33.8 Å². The van der Waals surface area contributed by atoms with Crippen molar-refractivity contribution in [1.29, 1.82) is 0 Å². The molecule has 2 heterocycles. The zero-order chi connectivity index (χ0) is 18.6.